The number of alkyl halides is 3. The lowest BCUT2D eigenvalue weighted by atomic mass is 9.78. The van der Waals surface area contributed by atoms with Crippen molar-refractivity contribution in [3.05, 3.63) is 41.2 Å². The van der Waals surface area contributed by atoms with Gasteiger partial charge in [-0.05, 0) is 49.4 Å². The van der Waals surface area contributed by atoms with Crippen molar-refractivity contribution in [1.29, 1.82) is 0 Å². The predicted octanol–water partition coefficient (Wildman–Crippen LogP) is 4.91. The molecule has 2 fully saturated rings. The van der Waals surface area contributed by atoms with Gasteiger partial charge in [-0.1, -0.05) is 0 Å². The van der Waals surface area contributed by atoms with Crippen LogP contribution in [0.1, 0.15) is 32.1 Å². The minimum Gasteiger partial charge on any atom is -0.468 e. The van der Waals surface area contributed by atoms with Gasteiger partial charge in [0.1, 0.15) is 5.82 Å². The van der Waals surface area contributed by atoms with E-state index < -0.39 is 30.0 Å². The van der Waals surface area contributed by atoms with Crippen LogP contribution in [0.25, 0.3) is 0 Å². The Bertz CT molecular complexity index is 1040. The first-order valence-corrected chi connectivity index (χ1v) is 10.7. The summed E-state index contributed by atoms with van der Waals surface area (Å²) in [7, 11) is 0. The van der Waals surface area contributed by atoms with E-state index in [-0.39, 0.29) is 17.1 Å². The first kappa shape index (κ1) is 23.5. The highest BCUT2D eigenvalue weighted by Gasteiger charge is 2.45. The Morgan fingerprint density at radius 3 is 2.45 bits per heavy atom. The molecule has 3 heterocycles. The molecule has 1 aromatic heterocycles. The summed E-state index contributed by atoms with van der Waals surface area (Å²) in [6, 6.07) is 4.71. The van der Waals surface area contributed by atoms with Gasteiger partial charge in [0.05, 0.1) is 5.54 Å². The Morgan fingerprint density at radius 1 is 1.06 bits per heavy atom. The monoisotopic (exact) mass is 490 g/mol. The number of carbonyl (C=O) groups excluding carboxylic acids is 1. The topological polar surface area (TPSA) is 58.6 Å². The number of piperidine rings is 2. The van der Waals surface area contributed by atoms with Crippen molar-refractivity contribution in [3.8, 4) is 5.88 Å². The average molecular weight is 491 g/mol. The third-order valence-electron chi connectivity index (χ3n) is 5.98. The van der Waals surface area contributed by atoms with Crippen LogP contribution in [0, 0.1) is 11.6 Å². The molecule has 4 rings (SSSR count). The molecule has 6 nitrogen and oxygen atoms in total. The molecule has 2 aromatic rings. The number of halogens is 6. The van der Waals surface area contributed by atoms with Crippen LogP contribution in [0.15, 0.2) is 24.3 Å². The molecule has 12 heteroatoms. The summed E-state index contributed by atoms with van der Waals surface area (Å²) in [5.41, 5.74) is -0.275. The fourth-order valence-corrected chi connectivity index (χ4v) is 4.67. The molecule has 0 saturated carbocycles. The van der Waals surface area contributed by atoms with E-state index in [4.69, 9.17) is 16.3 Å². The summed E-state index contributed by atoms with van der Waals surface area (Å²) >= 11 is 5.88. The van der Waals surface area contributed by atoms with E-state index in [2.05, 4.69) is 9.97 Å². The van der Waals surface area contributed by atoms with Crippen LogP contribution in [-0.4, -0.2) is 47.3 Å². The van der Waals surface area contributed by atoms with Gasteiger partial charge in [0.25, 0.3) is 0 Å². The molecule has 1 aromatic carbocycles. The van der Waals surface area contributed by atoms with Crippen LogP contribution < -0.4 is 14.5 Å². The van der Waals surface area contributed by atoms with Gasteiger partial charge in [-0.15, -0.1) is 0 Å². The fourth-order valence-electron chi connectivity index (χ4n) is 4.50. The molecule has 0 aliphatic carbocycles. The number of carbonyl (C=O) groups is 1. The zero-order valence-electron chi connectivity index (χ0n) is 17.3. The van der Waals surface area contributed by atoms with Crippen molar-refractivity contribution in [1.82, 2.24) is 9.97 Å². The Hall–Kier alpha value is -2.69. The number of hydrogen-bond acceptors (Lipinski definition) is 5. The van der Waals surface area contributed by atoms with Gasteiger partial charge in [0, 0.05) is 37.3 Å². The number of anilines is 2. The lowest BCUT2D eigenvalue weighted by molar-refractivity contribution is -0.154. The molecule has 178 valence electrons. The summed E-state index contributed by atoms with van der Waals surface area (Å²) in [6.45, 7) is -0.673. The van der Waals surface area contributed by atoms with Crippen LogP contribution in [-0.2, 0) is 4.79 Å². The lowest BCUT2D eigenvalue weighted by Crippen LogP contribution is -2.60. The summed E-state index contributed by atoms with van der Waals surface area (Å²) in [5, 5.41) is -0.249. The number of benzene rings is 1. The van der Waals surface area contributed by atoms with E-state index in [9.17, 15) is 26.7 Å². The number of ether oxygens (including phenoxy) is 1. The Kier molecular flexibility index (Phi) is 6.35. The predicted molar refractivity (Wildman–Crippen MR) is 110 cm³/mol. The van der Waals surface area contributed by atoms with Gasteiger partial charge in [-0.3, -0.25) is 4.79 Å². The first-order chi connectivity index (χ1) is 15.6. The number of aromatic nitrogens is 2. The van der Waals surface area contributed by atoms with Gasteiger partial charge >= 0.3 is 6.18 Å². The highest BCUT2D eigenvalue weighted by Crippen LogP contribution is 2.42. The molecule has 2 saturated heterocycles. The maximum absolute atomic E-state index is 13.9. The number of rotatable bonds is 4. The molecule has 2 aliphatic rings. The number of hydrogen-bond donors (Lipinski definition) is 0. The highest BCUT2D eigenvalue weighted by molar-refractivity contribution is 6.28. The summed E-state index contributed by atoms with van der Waals surface area (Å²) in [6.07, 6.45) is -1.85. The van der Waals surface area contributed by atoms with Crippen molar-refractivity contribution < 1.29 is 31.5 Å². The fraction of sp³-hybridized carbons (Fsp3) is 0.476. The first-order valence-electron chi connectivity index (χ1n) is 10.3. The number of amides is 1. The maximum atomic E-state index is 13.9. The summed E-state index contributed by atoms with van der Waals surface area (Å²) in [4.78, 5) is 24.0. The summed E-state index contributed by atoms with van der Waals surface area (Å²) < 4.78 is 69.4. The van der Waals surface area contributed by atoms with Crippen molar-refractivity contribution in [3.63, 3.8) is 0 Å². The molecule has 0 unspecified atom stereocenters. The molecule has 2 aliphatic heterocycles. The van der Waals surface area contributed by atoms with E-state index in [1.54, 1.807) is 4.90 Å². The van der Waals surface area contributed by atoms with Gasteiger partial charge < -0.3 is 14.5 Å². The summed E-state index contributed by atoms with van der Waals surface area (Å²) in [5.74, 6) is -2.16. The van der Waals surface area contributed by atoms with Crippen molar-refractivity contribution in [2.45, 2.75) is 43.8 Å². The van der Waals surface area contributed by atoms with Gasteiger partial charge in [-0.25, -0.2) is 13.8 Å². The standard InChI is InChI=1S/C21H20ClF5N4O2/c22-19-28-16(11-17(29-19)33-12-21(25,26)27)30-8-6-20(7-9-30)5-1-2-18(32)31(20)13-3-4-14(23)15(24)10-13/h3-4,10-11H,1-2,5-9,12H2. The van der Waals surface area contributed by atoms with E-state index in [0.717, 1.165) is 12.1 Å². The lowest BCUT2D eigenvalue weighted by Gasteiger charge is -2.51. The molecular weight excluding hydrogens is 471 g/mol. The molecular formula is C21H20ClF5N4O2. The maximum Gasteiger partial charge on any atom is 0.422 e. The van der Waals surface area contributed by atoms with E-state index in [0.29, 0.717) is 56.7 Å². The zero-order valence-corrected chi connectivity index (χ0v) is 18.1. The normalized spacial score (nSPS) is 18.7. The molecule has 33 heavy (non-hydrogen) atoms. The van der Waals surface area contributed by atoms with E-state index in [1.807, 2.05) is 4.90 Å². The minimum absolute atomic E-state index is 0.159. The van der Waals surface area contributed by atoms with Gasteiger partial charge in [0.2, 0.25) is 17.1 Å². The van der Waals surface area contributed by atoms with Crippen molar-refractivity contribution >= 4 is 29.0 Å². The van der Waals surface area contributed by atoms with Crippen LogP contribution in [0.5, 0.6) is 5.88 Å². The van der Waals surface area contributed by atoms with Crippen LogP contribution in [0.3, 0.4) is 0 Å². The second kappa shape index (κ2) is 8.92. The SMILES string of the molecule is O=C1CCCC2(CCN(c3cc(OCC(F)(F)F)nc(Cl)n3)CC2)N1c1ccc(F)c(F)c1. The third-order valence-corrected chi connectivity index (χ3v) is 6.15. The van der Waals surface area contributed by atoms with Crippen LogP contribution >= 0.6 is 11.6 Å². The van der Waals surface area contributed by atoms with E-state index in [1.165, 1.54) is 12.1 Å². The quantitative estimate of drug-likeness (QED) is 0.450. The molecule has 0 atom stereocenters. The Labute approximate surface area is 191 Å². The number of nitrogens with zero attached hydrogens (tertiary/aromatic N) is 4. The van der Waals surface area contributed by atoms with Crippen molar-refractivity contribution in [2.24, 2.45) is 0 Å². The minimum atomic E-state index is -4.52. The smallest absolute Gasteiger partial charge is 0.422 e. The molecule has 0 radical (unpaired) electrons. The molecule has 1 amide bonds. The third kappa shape index (κ3) is 5.13. The largest absolute Gasteiger partial charge is 0.468 e. The average Bonchev–Trinajstić information content (AvgIpc) is 2.74. The second-order valence-electron chi connectivity index (χ2n) is 8.13. The second-order valence-corrected chi connectivity index (χ2v) is 8.47. The Balaban J connectivity index is 1.53. The zero-order chi connectivity index (χ0) is 23.8. The molecule has 1 spiro atoms. The Morgan fingerprint density at radius 2 is 1.79 bits per heavy atom. The van der Waals surface area contributed by atoms with Crippen LogP contribution in [0.4, 0.5) is 33.5 Å². The van der Waals surface area contributed by atoms with Gasteiger partial charge in [-0.2, -0.15) is 18.2 Å². The van der Waals surface area contributed by atoms with E-state index >= 15 is 0 Å². The highest BCUT2D eigenvalue weighted by atomic mass is 35.5. The molecule has 0 N–H and O–H groups in total. The van der Waals surface area contributed by atoms with Gasteiger partial charge in [0.15, 0.2) is 18.2 Å². The van der Waals surface area contributed by atoms with Crippen molar-refractivity contribution in [2.75, 3.05) is 29.5 Å². The molecule has 0 bridgehead atoms. The van der Waals surface area contributed by atoms with Crippen LogP contribution in [0.2, 0.25) is 5.28 Å².